The quantitative estimate of drug-likeness (QED) is 0.0303. The molecule has 1 aliphatic heterocycles. The molecule has 0 saturated carbocycles. The number of carbonyl (C=O) groups excluding carboxylic acids is 2. The molecule has 0 aliphatic carbocycles. The Labute approximate surface area is 338 Å². The van der Waals surface area contributed by atoms with Crippen molar-refractivity contribution in [1.29, 1.82) is 0 Å². The SMILES string of the molecule is CCCCCCC(CCCCCC)N1C(=O)c2ccc3c4cccc5ccc6c7c(=O)n(Cc8ccc(C=NCCCC)cc8)c(=O)c7c7cc(c2c3c7c6c54)C1=O. The molecular formula is C51H51N3O4. The van der Waals surface area contributed by atoms with Gasteiger partial charge in [0.05, 0.1) is 17.3 Å². The first-order valence-corrected chi connectivity index (χ1v) is 21.7. The predicted octanol–water partition coefficient (Wildman–Crippen LogP) is 11.6. The molecule has 7 nitrogen and oxygen atoms in total. The molecule has 58 heavy (non-hydrogen) atoms. The van der Waals surface area contributed by atoms with Gasteiger partial charge >= 0.3 is 0 Å². The van der Waals surface area contributed by atoms with E-state index in [1.54, 1.807) is 4.90 Å². The van der Waals surface area contributed by atoms with Gasteiger partial charge in [-0.15, -0.1) is 0 Å². The topological polar surface area (TPSA) is 88.8 Å². The van der Waals surface area contributed by atoms with Gasteiger partial charge in [0, 0.05) is 35.3 Å². The maximum atomic E-state index is 15.1. The fraction of sp³-hybridized carbons (Fsp3) is 0.353. The number of benzene rings is 7. The summed E-state index contributed by atoms with van der Waals surface area (Å²) in [6, 6.07) is 23.6. The summed E-state index contributed by atoms with van der Waals surface area (Å²) in [7, 11) is 0. The molecule has 0 unspecified atom stereocenters. The number of hydrogen-bond acceptors (Lipinski definition) is 5. The summed E-state index contributed by atoms with van der Waals surface area (Å²) in [4.78, 5) is 65.4. The molecule has 0 fully saturated rings. The largest absolute Gasteiger partial charge is 0.293 e. The van der Waals surface area contributed by atoms with E-state index >= 15 is 4.79 Å². The second-order valence-corrected chi connectivity index (χ2v) is 16.6. The zero-order valence-corrected chi connectivity index (χ0v) is 34.0. The smallest absolute Gasteiger partial charge is 0.262 e. The standard InChI is InChI=1S/C51H51N3O4/c1-4-7-10-12-16-34(17-13-11-8-5-2)54-48(55)38-26-25-36-35-18-14-15-33-23-24-37-44(41(33)35)45-39(28-40(49(54)56)42(38)43(36)45)47-46(37)50(57)53(51(47)58)30-32-21-19-31(20-22-32)29-52-27-9-6-3/h14-15,18-26,28-29,34H,4-13,16-17,27,30H2,1-3H3. The summed E-state index contributed by atoms with van der Waals surface area (Å²) in [6.07, 6.45) is 14.1. The summed E-state index contributed by atoms with van der Waals surface area (Å²) in [5.74, 6) is -0.532. The maximum Gasteiger partial charge on any atom is 0.262 e. The zero-order valence-electron chi connectivity index (χ0n) is 34.0. The molecule has 1 aliphatic rings. The molecule has 0 spiro atoms. The highest BCUT2D eigenvalue weighted by molar-refractivity contribution is 6.47. The van der Waals surface area contributed by atoms with Gasteiger partial charge in [0.15, 0.2) is 0 Å². The number of imide groups is 1. The average molecular weight is 770 g/mol. The van der Waals surface area contributed by atoms with Crippen molar-refractivity contribution in [3.8, 4) is 0 Å². The second kappa shape index (κ2) is 15.6. The monoisotopic (exact) mass is 769 g/mol. The van der Waals surface area contributed by atoms with Crippen LogP contribution in [0.3, 0.4) is 0 Å². The van der Waals surface area contributed by atoms with Crippen molar-refractivity contribution < 1.29 is 9.59 Å². The molecule has 294 valence electrons. The van der Waals surface area contributed by atoms with Crippen molar-refractivity contribution in [3.63, 3.8) is 0 Å². The van der Waals surface area contributed by atoms with Crippen LogP contribution >= 0.6 is 0 Å². The van der Waals surface area contributed by atoms with Crippen molar-refractivity contribution >= 4 is 82.7 Å². The molecule has 0 atom stereocenters. The Bertz CT molecular complexity index is 2970. The highest BCUT2D eigenvalue weighted by Gasteiger charge is 2.39. The van der Waals surface area contributed by atoms with Gasteiger partial charge in [-0.05, 0) is 91.0 Å². The van der Waals surface area contributed by atoms with E-state index in [4.69, 9.17) is 0 Å². The number of unbranched alkanes of at least 4 members (excludes halogenated alkanes) is 7. The minimum atomic E-state index is -0.365. The van der Waals surface area contributed by atoms with Gasteiger partial charge < -0.3 is 0 Å². The van der Waals surface area contributed by atoms with Crippen molar-refractivity contribution in [1.82, 2.24) is 9.47 Å². The molecule has 8 aromatic rings. The lowest BCUT2D eigenvalue weighted by atomic mass is 9.80. The highest BCUT2D eigenvalue weighted by atomic mass is 16.2. The number of aliphatic imine (C=N–C) groups is 1. The Morgan fingerprint density at radius 3 is 1.88 bits per heavy atom. The second-order valence-electron chi connectivity index (χ2n) is 16.6. The number of amides is 2. The molecular weight excluding hydrogens is 719 g/mol. The molecule has 0 saturated heterocycles. The first-order valence-electron chi connectivity index (χ1n) is 21.7. The lowest BCUT2D eigenvalue weighted by Crippen LogP contribution is -2.47. The van der Waals surface area contributed by atoms with E-state index in [1.807, 2.05) is 66.9 Å². The number of aromatic nitrogens is 1. The van der Waals surface area contributed by atoms with Crippen LogP contribution in [0.5, 0.6) is 0 Å². The van der Waals surface area contributed by atoms with Crippen LogP contribution in [-0.4, -0.2) is 40.1 Å². The Kier molecular flexibility index (Phi) is 10.2. The van der Waals surface area contributed by atoms with Gasteiger partial charge in [-0.25, -0.2) is 0 Å². The zero-order chi connectivity index (χ0) is 40.1. The van der Waals surface area contributed by atoms with E-state index < -0.39 is 0 Å². The fourth-order valence-corrected chi connectivity index (χ4v) is 9.90. The number of hydrogen-bond donors (Lipinski definition) is 0. The van der Waals surface area contributed by atoms with Gasteiger partial charge in [-0.3, -0.25) is 33.6 Å². The summed E-state index contributed by atoms with van der Waals surface area (Å²) in [5, 5.41) is 9.27. The molecule has 1 aromatic heterocycles. The molecule has 2 amide bonds. The van der Waals surface area contributed by atoms with Gasteiger partial charge in [-0.2, -0.15) is 0 Å². The normalized spacial score (nSPS) is 13.6. The van der Waals surface area contributed by atoms with Crippen molar-refractivity contribution in [3.05, 3.63) is 116 Å². The number of fused-ring (bicyclic) bond motifs is 4. The van der Waals surface area contributed by atoms with E-state index in [2.05, 4.69) is 37.9 Å². The van der Waals surface area contributed by atoms with E-state index in [-0.39, 0.29) is 35.5 Å². The van der Waals surface area contributed by atoms with Crippen LogP contribution in [0.1, 0.15) is 130 Å². The average Bonchev–Trinajstić information content (AvgIpc) is 3.49. The third-order valence-corrected chi connectivity index (χ3v) is 12.8. The first-order chi connectivity index (χ1) is 28.4. The molecule has 9 rings (SSSR count). The van der Waals surface area contributed by atoms with Crippen molar-refractivity contribution in [2.45, 2.75) is 110 Å². The van der Waals surface area contributed by atoms with Crippen molar-refractivity contribution in [2.24, 2.45) is 4.99 Å². The number of carbonyl (C=O) groups is 2. The Hall–Kier alpha value is -5.69. The maximum absolute atomic E-state index is 15.1. The molecule has 0 N–H and O–H groups in total. The lowest BCUT2D eigenvalue weighted by Gasteiger charge is -2.35. The summed E-state index contributed by atoms with van der Waals surface area (Å²) < 4.78 is 1.36. The van der Waals surface area contributed by atoms with Crippen LogP contribution in [0.25, 0.3) is 64.6 Å². The molecule has 0 bridgehead atoms. The van der Waals surface area contributed by atoms with E-state index in [0.717, 1.165) is 138 Å². The summed E-state index contributed by atoms with van der Waals surface area (Å²) in [6.45, 7) is 7.43. The minimum Gasteiger partial charge on any atom is -0.293 e. The molecule has 0 radical (unpaired) electrons. The van der Waals surface area contributed by atoms with Crippen LogP contribution in [0.15, 0.2) is 87.4 Å². The van der Waals surface area contributed by atoms with Crippen LogP contribution in [0.2, 0.25) is 0 Å². The lowest BCUT2D eigenvalue weighted by molar-refractivity contribution is 0.0517. The minimum absolute atomic E-state index is 0.121. The van der Waals surface area contributed by atoms with Gasteiger partial charge in [0.25, 0.3) is 22.9 Å². The van der Waals surface area contributed by atoms with Crippen LogP contribution in [0, 0.1) is 0 Å². The molecule has 7 heteroatoms. The predicted molar refractivity (Wildman–Crippen MR) is 240 cm³/mol. The molecule has 2 heterocycles. The number of nitrogens with zero attached hydrogens (tertiary/aromatic N) is 3. The Morgan fingerprint density at radius 2 is 1.17 bits per heavy atom. The Balaban J connectivity index is 1.26. The van der Waals surface area contributed by atoms with Crippen LogP contribution in [0.4, 0.5) is 0 Å². The van der Waals surface area contributed by atoms with E-state index in [9.17, 15) is 14.4 Å². The van der Waals surface area contributed by atoms with Crippen LogP contribution < -0.4 is 11.1 Å². The summed E-state index contributed by atoms with van der Waals surface area (Å²) >= 11 is 0. The van der Waals surface area contributed by atoms with Crippen molar-refractivity contribution in [2.75, 3.05) is 6.54 Å². The van der Waals surface area contributed by atoms with E-state index in [0.29, 0.717) is 32.7 Å². The fourth-order valence-electron chi connectivity index (χ4n) is 9.90. The van der Waals surface area contributed by atoms with Crippen LogP contribution in [-0.2, 0) is 6.54 Å². The third kappa shape index (κ3) is 6.04. The third-order valence-electron chi connectivity index (χ3n) is 12.8. The first kappa shape index (κ1) is 37.9. The highest BCUT2D eigenvalue weighted by Crippen LogP contribution is 2.50. The summed E-state index contributed by atoms with van der Waals surface area (Å²) in [5.41, 5.74) is 2.08. The number of rotatable bonds is 17. The van der Waals surface area contributed by atoms with Gasteiger partial charge in [0.2, 0.25) is 0 Å². The van der Waals surface area contributed by atoms with Gasteiger partial charge in [0.1, 0.15) is 0 Å². The Morgan fingerprint density at radius 1 is 0.552 bits per heavy atom. The van der Waals surface area contributed by atoms with Gasteiger partial charge in [-0.1, -0.05) is 139 Å². The molecule has 7 aromatic carbocycles. The van der Waals surface area contributed by atoms with E-state index in [1.165, 1.54) is 4.57 Å².